The van der Waals surface area contributed by atoms with Crippen LogP contribution >= 0.6 is 0 Å². The number of hydrogen-bond acceptors (Lipinski definition) is 4. The highest BCUT2D eigenvalue weighted by molar-refractivity contribution is 7.89. The molecule has 0 saturated carbocycles. The van der Waals surface area contributed by atoms with Crippen molar-refractivity contribution >= 4 is 15.8 Å². The Bertz CT molecular complexity index is 1150. The van der Waals surface area contributed by atoms with Crippen molar-refractivity contribution in [2.45, 2.75) is 24.7 Å². The van der Waals surface area contributed by atoms with Crippen LogP contribution in [0.25, 0.3) is 0 Å². The van der Waals surface area contributed by atoms with Crippen molar-refractivity contribution in [2.24, 2.45) is 0 Å². The largest absolute Gasteiger partial charge is 0.364 e. The second kappa shape index (κ2) is 9.59. The van der Waals surface area contributed by atoms with Crippen LogP contribution in [-0.2, 0) is 29.7 Å². The highest BCUT2D eigenvalue weighted by Crippen LogP contribution is 2.25. The fourth-order valence-corrected chi connectivity index (χ4v) is 4.78. The minimum absolute atomic E-state index is 0.0651. The highest BCUT2D eigenvalue weighted by atomic mass is 32.2. The van der Waals surface area contributed by atoms with Gasteiger partial charge in [0.2, 0.25) is 0 Å². The van der Waals surface area contributed by atoms with Crippen molar-refractivity contribution in [3.05, 3.63) is 114 Å². The minimum Gasteiger partial charge on any atom is -0.364 e. The maximum absolute atomic E-state index is 13.6. The zero-order chi connectivity index (χ0) is 21.5. The van der Waals surface area contributed by atoms with Gasteiger partial charge in [0.1, 0.15) is 0 Å². The molecule has 4 aromatic rings. The Morgan fingerprint density at radius 3 is 1.74 bits per heavy atom. The Labute approximate surface area is 182 Å². The van der Waals surface area contributed by atoms with Gasteiger partial charge in [0.05, 0.1) is 6.33 Å². The van der Waals surface area contributed by atoms with Crippen LogP contribution in [0.4, 0.5) is 5.82 Å². The summed E-state index contributed by atoms with van der Waals surface area (Å²) in [5.74, 6) is 0.315. The van der Waals surface area contributed by atoms with Gasteiger partial charge >= 0.3 is 0 Å². The summed E-state index contributed by atoms with van der Waals surface area (Å²) < 4.78 is 28.8. The fourth-order valence-electron chi connectivity index (χ4n) is 3.32. The zero-order valence-corrected chi connectivity index (χ0v) is 17.8. The molecule has 158 valence electrons. The lowest BCUT2D eigenvalue weighted by atomic mass is 10.2. The number of H-pyrrole nitrogens is 1. The SMILES string of the molecule is O=S(=O)(c1[nH]cnc1NCc1ccccc1)N(Cc1ccccc1)Cc1ccccc1. The standard InChI is InChI=1S/C24H24N4O2S/c29-31(30,24-23(26-19-27-24)25-16-20-10-4-1-5-11-20)28(17-21-12-6-2-7-13-21)18-22-14-8-3-9-15-22/h1-15,19,25H,16-18H2,(H,26,27). The smallest absolute Gasteiger partial charge is 0.262 e. The first-order valence-corrected chi connectivity index (χ1v) is 11.5. The average molecular weight is 433 g/mol. The molecular weight excluding hydrogens is 408 g/mol. The molecule has 1 heterocycles. The van der Waals surface area contributed by atoms with Gasteiger partial charge in [-0.15, -0.1) is 0 Å². The van der Waals surface area contributed by atoms with E-state index in [-0.39, 0.29) is 18.1 Å². The molecule has 0 unspecified atom stereocenters. The third kappa shape index (κ3) is 5.20. The molecule has 0 radical (unpaired) electrons. The normalized spacial score (nSPS) is 11.5. The molecule has 0 spiro atoms. The summed E-state index contributed by atoms with van der Waals surface area (Å²) in [6.07, 6.45) is 1.41. The van der Waals surface area contributed by atoms with E-state index in [4.69, 9.17) is 0 Å². The van der Waals surface area contributed by atoms with E-state index >= 15 is 0 Å². The van der Waals surface area contributed by atoms with Gasteiger partial charge in [-0.1, -0.05) is 91.0 Å². The number of aromatic nitrogens is 2. The van der Waals surface area contributed by atoms with E-state index in [1.54, 1.807) is 0 Å². The van der Waals surface area contributed by atoms with Gasteiger partial charge in [-0.05, 0) is 16.7 Å². The Morgan fingerprint density at radius 2 is 1.23 bits per heavy atom. The molecule has 0 aliphatic heterocycles. The molecule has 0 saturated heterocycles. The maximum Gasteiger partial charge on any atom is 0.262 e. The fraction of sp³-hybridized carbons (Fsp3) is 0.125. The van der Waals surface area contributed by atoms with Crippen molar-refractivity contribution in [2.75, 3.05) is 5.32 Å². The molecule has 0 amide bonds. The van der Waals surface area contributed by atoms with E-state index < -0.39 is 10.0 Å². The zero-order valence-electron chi connectivity index (χ0n) is 17.0. The third-order valence-corrected chi connectivity index (χ3v) is 6.67. The Kier molecular flexibility index (Phi) is 6.45. The number of anilines is 1. The summed E-state index contributed by atoms with van der Waals surface area (Å²) in [5, 5.41) is 3.22. The van der Waals surface area contributed by atoms with Gasteiger partial charge in [-0.25, -0.2) is 13.4 Å². The highest BCUT2D eigenvalue weighted by Gasteiger charge is 2.29. The molecule has 0 atom stereocenters. The number of hydrogen-bond donors (Lipinski definition) is 2. The first kappa shape index (κ1) is 20.8. The van der Waals surface area contributed by atoms with E-state index in [2.05, 4.69) is 15.3 Å². The molecule has 0 aliphatic rings. The Morgan fingerprint density at radius 1 is 0.742 bits per heavy atom. The maximum atomic E-state index is 13.6. The number of benzene rings is 3. The molecule has 3 aromatic carbocycles. The topological polar surface area (TPSA) is 78.1 Å². The van der Waals surface area contributed by atoms with Gasteiger partial charge in [-0.2, -0.15) is 4.31 Å². The lowest BCUT2D eigenvalue weighted by Gasteiger charge is -2.22. The van der Waals surface area contributed by atoms with Crippen LogP contribution in [0.2, 0.25) is 0 Å². The number of nitrogens with one attached hydrogen (secondary N) is 2. The van der Waals surface area contributed by atoms with E-state index in [9.17, 15) is 8.42 Å². The molecule has 6 nitrogen and oxygen atoms in total. The molecule has 0 bridgehead atoms. The van der Waals surface area contributed by atoms with Gasteiger partial charge in [0.15, 0.2) is 10.8 Å². The molecule has 2 N–H and O–H groups in total. The molecule has 4 rings (SSSR count). The number of aromatic amines is 1. The molecule has 7 heteroatoms. The Balaban J connectivity index is 1.62. The third-order valence-electron chi connectivity index (χ3n) is 4.91. The summed E-state index contributed by atoms with van der Waals surface area (Å²) >= 11 is 0. The van der Waals surface area contributed by atoms with E-state index in [0.29, 0.717) is 12.4 Å². The van der Waals surface area contributed by atoms with Gasteiger partial charge < -0.3 is 10.3 Å². The first-order chi connectivity index (χ1) is 15.1. The molecule has 0 aliphatic carbocycles. The number of sulfonamides is 1. The van der Waals surface area contributed by atoms with Crippen molar-refractivity contribution in [3.8, 4) is 0 Å². The van der Waals surface area contributed by atoms with Crippen LogP contribution in [0.3, 0.4) is 0 Å². The summed E-state index contributed by atoms with van der Waals surface area (Å²) in [4.78, 5) is 7.05. The molecule has 31 heavy (non-hydrogen) atoms. The second-order valence-electron chi connectivity index (χ2n) is 7.16. The van der Waals surface area contributed by atoms with Crippen LogP contribution in [0, 0.1) is 0 Å². The van der Waals surface area contributed by atoms with Gasteiger partial charge in [0, 0.05) is 19.6 Å². The predicted molar refractivity (Wildman–Crippen MR) is 122 cm³/mol. The number of rotatable bonds is 9. The Hall–Kier alpha value is -3.42. The predicted octanol–water partition coefficient (Wildman–Crippen LogP) is 4.41. The van der Waals surface area contributed by atoms with Gasteiger partial charge in [0.25, 0.3) is 10.0 Å². The van der Waals surface area contributed by atoms with Crippen LogP contribution in [-0.4, -0.2) is 22.7 Å². The number of imidazole rings is 1. The van der Waals surface area contributed by atoms with Crippen molar-refractivity contribution in [1.82, 2.24) is 14.3 Å². The van der Waals surface area contributed by atoms with Crippen molar-refractivity contribution < 1.29 is 8.42 Å². The van der Waals surface area contributed by atoms with Crippen LogP contribution in [0.5, 0.6) is 0 Å². The van der Waals surface area contributed by atoms with Crippen LogP contribution < -0.4 is 5.32 Å². The molecule has 1 aromatic heterocycles. The number of nitrogens with zero attached hydrogens (tertiary/aromatic N) is 2. The quantitative estimate of drug-likeness (QED) is 0.411. The molecular formula is C24H24N4O2S. The molecule has 0 fully saturated rings. The minimum atomic E-state index is -3.84. The lowest BCUT2D eigenvalue weighted by molar-refractivity contribution is 0.399. The summed E-state index contributed by atoms with van der Waals surface area (Å²) in [7, 11) is -3.84. The lowest BCUT2D eigenvalue weighted by Crippen LogP contribution is -2.31. The van der Waals surface area contributed by atoms with Crippen molar-refractivity contribution in [3.63, 3.8) is 0 Å². The average Bonchev–Trinajstić information content (AvgIpc) is 3.29. The van der Waals surface area contributed by atoms with E-state index in [1.807, 2.05) is 91.0 Å². The van der Waals surface area contributed by atoms with Crippen LogP contribution in [0.1, 0.15) is 16.7 Å². The summed E-state index contributed by atoms with van der Waals surface area (Å²) in [6.45, 7) is 0.996. The van der Waals surface area contributed by atoms with E-state index in [1.165, 1.54) is 10.6 Å². The van der Waals surface area contributed by atoms with Crippen molar-refractivity contribution in [1.29, 1.82) is 0 Å². The van der Waals surface area contributed by atoms with Gasteiger partial charge in [-0.3, -0.25) is 0 Å². The van der Waals surface area contributed by atoms with Crippen LogP contribution in [0.15, 0.2) is 102 Å². The first-order valence-electron chi connectivity index (χ1n) is 10.0. The summed E-state index contributed by atoms with van der Waals surface area (Å²) in [5.41, 5.74) is 2.87. The second-order valence-corrected chi connectivity index (χ2v) is 9.04. The summed E-state index contributed by atoms with van der Waals surface area (Å²) in [6, 6.07) is 29.0. The van der Waals surface area contributed by atoms with E-state index in [0.717, 1.165) is 16.7 Å². The monoisotopic (exact) mass is 432 g/mol.